The van der Waals surface area contributed by atoms with Crippen molar-refractivity contribution >= 4 is 17.7 Å². The monoisotopic (exact) mass is 459 g/mol. The Morgan fingerprint density at radius 3 is 2.56 bits per heavy atom. The molecule has 0 aliphatic carbocycles. The van der Waals surface area contributed by atoms with Crippen LogP contribution in [0.25, 0.3) is 0 Å². The summed E-state index contributed by atoms with van der Waals surface area (Å²) in [5.41, 5.74) is 3.42. The van der Waals surface area contributed by atoms with Crippen LogP contribution >= 0.6 is 11.8 Å². The van der Waals surface area contributed by atoms with Crippen molar-refractivity contribution in [3.63, 3.8) is 0 Å². The van der Waals surface area contributed by atoms with Crippen LogP contribution in [0.3, 0.4) is 0 Å². The van der Waals surface area contributed by atoms with E-state index in [2.05, 4.69) is 36.9 Å². The first-order chi connectivity index (χ1) is 15.4. The van der Waals surface area contributed by atoms with Crippen LogP contribution in [0.1, 0.15) is 30.5 Å². The third-order valence-electron chi connectivity index (χ3n) is 5.02. The maximum Gasteiger partial charge on any atom is 0.341 e. The first-order valence-corrected chi connectivity index (χ1v) is 12.0. The second-order valence-corrected chi connectivity index (χ2v) is 9.53. The van der Waals surface area contributed by atoms with Gasteiger partial charge in [-0.1, -0.05) is 19.9 Å². The zero-order valence-electron chi connectivity index (χ0n) is 19.1. The van der Waals surface area contributed by atoms with E-state index in [-0.39, 0.29) is 6.61 Å². The number of aliphatic carboxylic acids is 1. The van der Waals surface area contributed by atoms with Gasteiger partial charge in [-0.15, -0.1) is 11.8 Å². The topological polar surface area (TPSA) is 68.2 Å². The summed E-state index contributed by atoms with van der Waals surface area (Å²) in [6.45, 7) is 11.0. The molecule has 0 radical (unpaired) electrons. The molecule has 32 heavy (non-hydrogen) atoms. The van der Waals surface area contributed by atoms with Gasteiger partial charge in [0.1, 0.15) is 11.5 Å². The van der Waals surface area contributed by atoms with Crippen LogP contribution in [-0.4, -0.2) is 55.5 Å². The molecule has 1 N–H and O–H groups in total. The highest BCUT2D eigenvalue weighted by Gasteiger charge is 2.13. The van der Waals surface area contributed by atoms with Crippen LogP contribution in [0.5, 0.6) is 11.5 Å². The molecule has 1 fully saturated rings. The Balaban J connectivity index is 1.68. The average molecular weight is 460 g/mol. The minimum Gasteiger partial charge on any atom is -0.493 e. The molecule has 1 heterocycles. The van der Waals surface area contributed by atoms with Gasteiger partial charge in [0.25, 0.3) is 0 Å². The molecule has 1 aliphatic rings. The number of aryl methyl sites for hydroxylation is 1. The second kappa shape index (κ2) is 12.1. The summed E-state index contributed by atoms with van der Waals surface area (Å²) in [6, 6.07) is 12.4. The molecule has 0 spiro atoms. The lowest BCUT2D eigenvalue weighted by atomic mass is 10.1. The summed E-state index contributed by atoms with van der Waals surface area (Å²) < 4.78 is 16.9. The lowest BCUT2D eigenvalue weighted by Gasteiger charge is -2.27. The van der Waals surface area contributed by atoms with Crippen LogP contribution in [-0.2, 0) is 21.8 Å². The van der Waals surface area contributed by atoms with Crippen LogP contribution < -0.4 is 9.47 Å². The minimum absolute atomic E-state index is 0.331. The Labute approximate surface area is 194 Å². The van der Waals surface area contributed by atoms with Gasteiger partial charge in [-0.3, -0.25) is 4.90 Å². The van der Waals surface area contributed by atoms with Crippen molar-refractivity contribution in [2.45, 2.75) is 38.0 Å². The van der Waals surface area contributed by atoms with Crippen molar-refractivity contribution < 1.29 is 24.1 Å². The van der Waals surface area contributed by atoms with Crippen LogP contribution in [0.4, 0.5) is 0 Å². The molecule has 7 heteroatoms. The molecule has 0 atom stereocenters. The van der Waals surface area contributed by atoms with E-state index in [1.165, 1.54) is 11.1 Å². The molecule has 1 aliphatic heterocycles. The highest BCUT2D eigenvalue weighted by molar-refractivity contribution is 7.98. The fourth-order valence-electron chi connectivity index (χ4n) is 3.45. The lowest BCUT2D eigenvalue weighted by Crippen LogP contribution is -2.35. The number of rotatable bonds is 11. The normalized spacial score (nSPS) is 14.5. The van der Waals surface area contributed by atoms with Gasteiger partial charge in [-0.05, 0) is 59.9 Å². The lowest BCUT2D eigenvalue weighted by molar-refractivity contribution is -0.139. The molecule has 0 unspecified atom stereocenters. The van der Waals surface area contributed by atoms with E-state index in [1.54, 1.807) is 11.8 Å². The molecular formula is C25H33NO5S. The van der Waals surface area contributed by atoms with E-state index in [9.17, 15) is 4.79 Å². The fraction of sp³-hybridized carbons (Fsp3) is 0.480. The second-order valence-electron chi connectivity index (χ2n) is 8.48. The van der Waals surface area contributed by atoms with E-state index in [4.69, 9.17) is 19.3 Å². The molecule has 2 aromatic rings. The predicted octanol–water partition coefficient (Wildman–Crippen LogP) is 4.62. The fourth-order valence-corrected chi connectivity index (χ4v) is 4.37. The molecule has 0 bridgehead atoms. The van der Waals surface area contributed by atoms with Crippen LogP contribution in [0.15, 0.2) is 41.3 Å². The Bertz CT molecular complexity index is 896. The number of morpholine rings is 1. The summed E-state index contributed by atoms with van der Waals surface area (Å²) in [5.74, 6) is 1.85. The van der Waals surface area contributed by atoms with Crippen molar-refractivity contribution in [1.82, 2.24) is 4.90 Å². The Morgan fingerprint density at radius 2 is 1.88 bits per heavy atom. The molecule has 174 valence electrons. The van der Waals surface area contributed by atoms with Gasteiger partial charge in [0.2, 0.25) is 0 Å². The van der Waals surface area contributed by atoms with Crippen molar-refractivity contribution in [3.05, 3.63) is 53.1 Å². The highest BCUT2D eigenvalue weighted by Crippen LogP contribution is 2.30. The highest BCUT2D eigenvalue weighted by atomic mass is 32.2. The van der Waals surface area contributed by atoms with Gasteiger partial charge < -0.3 is 19.3 Å². The van der Waals surface area contributed by atoms with Crippen LogP contribution in [0, 0.1) is 12.8 Å². The molecule has 2 aromatic carbocycles. The van der Waals surface area contributed by atoms with Crippen molar-refractivity contribution in [3.8, 4) is 11.5 Å². The SMILES string of the molecule is Cc1cc(SCc2cc(CN3CCOCC3)cc(OCC(C)C)c2)ccc1OCC(=O)O. The number of benzene rings is 2. The summed E-state index contributed by atoms with van der Waals surface area (Å²) in [5, 5.41) is 8.80. The maximum absolute atomic E-state index is 10.7. The molecule has 0 amide bonds. The summed E-state index contributed by atoms with van der Waals surface area (Å²) in [6.07, 6.45) is 0. The first-order valence-electron chi connectivity index (χ1n) is 11.0. The maximum atomic E-state index is 10.7. The average Bonchev–Trinajstić information content (AvgIpc) is 2.76. The molecule has 0 aromatic heterocycles. The smallest absolute Gasteiger partial charge is 0.341 e. The number of hydrogen-bond donors (Lipinski definition) is 1. The number of ether oxygens (including phenoxy) is 3. The Hall–Kier alpha value is -2.22. The van der Waals surface area contributed by atoms with Crippen molar-refractivity contribution in [2.75, 3.05) is 39.5 Å². The number of hydrogen-bond acceptors (Lipinski definition) is 6. The molecular weight excluding hydrogens is 426 g/mol. The number of carboxylic acids is 1. The predicted molar refractivity (Wildman–Crippen MR) is 127 cm³/mol. The van der Waals surface area contributed by atoms with E-state index in [0.29, 0.717) is 18.3 Å². The molecule has 0 saturated carbocycles. The molecule has 6 nitrogen and oxygen atoms in total. The van der Waals surface area contributed by atoms with E-state index in [1.807, 2.05) is 25.1 Å². The van der Waals surface area contributed by atoms with Crippen molar-refractivity contribution in [2.24, 2.45) is 5.92 Å². The summed E-state index contributed by atoms with van der Waals surface area (Å²) in [4.78, 5) is 14.3. The van der Waals surface area contributed by atoms with E-state index < -0.39 is 5.97 Å². The van der Waals surface area contributed by atoms with Gasteiger partial charge in [0.05, 0.1) is 19.8 Å². The van der Waals surface area contributed by atoms with Gasteiger partial charge in [0.15, 0.2) is 6.61 Å². The zero-order valence-corrected chi connectivity index (χ0v) is 20.0. The molecule has 1 saturated heterocycles. The summed E-state index contributed by atoms with van der Waals surface area (Å²) >= 11 is 1.75. The third-order valence-corrected chi connectivity index (χ3v) is 6.09. The van der Waals surface area contributed by atoms with Gasteiger partial charge in [0, 0.05) is 30.3 Å². The first kappa shape index (κ1) is 24.4. The Kier molecular flexibility index (Phi) is 9.26. The summed E-state index contributed by atoms with van der Waals surface area (Å²) in [7, 11) is 0. The Morgan fingerprint density at radius 1 is 1.12 bits per heavy atom. The number of nitrogens with zero attached hydrogens (tertiary/aromatic N) is 1. The standard InChI is InChI=1S/C25H33NO5S/c1-18(2)15-30-22-12-20(14-26-6-8-29-9-7-26)11-21(13-22)17-32-23-4-5-24(19(3)10-23)31-16-25(27)28/h4-5,10-13,18H,6-9,14-17H2,1-3H3,(H,27,28). The minimum atomic E-state index is -0.977. The molecule has 3 rings (SSSR count). The van der Waals surface area contributed by atoms with Gasteiger partial charge >= 0.3 is 5.97 Å². The van der Waals surface area contributed by atoms with Gasteiger partial charge in [-0.25, -0.2) is 4.79 Å². The third kappa shape index (κ3) is 8.04. The van der Waals surface area contributed by atoms with Crippen LogP contribution in [0.2, 0.25) is 0 Å². The number of carbonyl (C=O) groups is 1. The van der Waals surface area contributed by atoms with Gasteiger partial charge in [-0.2, -0.15) is 0 Å². The number of carboxylic acid groups (broad SMARTS) is 1. The quantitative estimate of drug-likeness (QED) is 0.492. The zero-order chi connectivity index (χ0) is 22.9. The largest absolute Gasteiger partial charge is 0.493 e. The number of thioether (sulfide) groups is 1. The van der Waals surface area contributed by atoms with E-state index in [0.717, 1.165) is 54.8 Å². The van der Waals surface area contributed by atoms with Crippen molar-refractivity contribution in [1.29, 1.82) is 0 Å². The van der Waals surface area contributed by atoms with E-state index >= 15 is 0 Å².